The number of hydrogen-bond acceptors (Lipinski definition) is 8. The first-order chi connectivity index (χ1) is 18.2. The van der Waals surface area contributed by atoms with Gasteiger partial charge in [0, 0.05) is 0 Å². The third-order valence-corrected chi connectivity index (χ3v) is 7.71. The molecule has 1 saturated heterocycles. The number of carbonyl (C=O) groups is 2. The summed E-state index contributed by atoms with van der Waals surface area (Å²) in [6.45, 7) is 6.14. The lowest BCUT2D eigenvalue weighted by Gasteiger charge is -2.13. The van der Waals surface area contributed by atoms with Gasteiger partial charge in [-0.05, 0) is 80.6 Å². The minimum Gasteiger partial charge on any atom is -0.492 e. The molecular formula is C28H27NO7S2. The lowest BCUT2D eigenvalue weighted by atomic mass is 10.2. The molecule has 0 bridgehead atoms. The molecule has 1 heterocycles. The van der Waals surface area contributed by atoms with E-state index in [0.717, 1.165) is 27.8 Å². The van der Waals surface area contributed by atoms with Gasteiger partial charge in [-0.15, -0.1) is 0 Å². The summed E-state index contributed by atoms with van der Waals surface area (Å²) >= 11 is 0.832. The van der Waals surface area contributed by atoms with E-state index in [1.54, 1.807) is 37.3 Å². The Morgan fingerprint density at radius 1 is 0.868 bits per heavy atom. The smallest absolute Gasteiger partial charge is 0.339 e. The molecule has 0 aromatic heterocycles. The summed E-state index contributed by atoms with van der Waals surface area (Å²) in [5.74, 6) is 0.453. The fraction of sp³-hybridized carbons (Fsp3) is 0.214. The van der Waals surface area contributed by atoms with Crippen LogP contribution in [-0.2, 0) is 14.9 Å². The Labute approximate surface area is 226 Å². The largest absolute Gasteiger partial charge is 0.492 e. The highest BCUT2D eigenvalue weighted by molar-refractivity contribution is 8.18. The number of ether oxygens (including phenoxy) is 2. The van der Waals surface area contributed by atoms with Crippen molar-refractivity contribution in [3.63, 3.8) is 0 Å². The van der Waals surface area contributed by atoms with Gasteiger partial charge < -0.3 is 13.7 Å². The number of nitrogens with zero attached hydrogens (tertiary/aromatic N) is 1. The highest BCUT2D eigenvalue weighted by atomic mass is 32.2. The van der Waals surface area contributed by atoms with Crippen molar-refractivity contribution in [3.05, 3.63) is 88.3 Å². The van der Waals surface area contributed by atoms with Crippen LogP contribution < -0.4 is 13.7 Å². The normalized spacial score (nSPS) is 14.7. The Hall–Kier alpha value is -3.76. The number of thioether (sulfide) groups is 1. The van der Waals surface area contributed by atoms with Crippen LogP contribution >= 0.6 is 11.8 Å². The van der Waals surface area contributed by atoms with Crippen LogP contribution in [-0.4, -0.2) is 44.2 Å². The van der Waals surface area contributed by atoms with E-state index in [4.69, 9.17) is 13.7 Å². The van der Waals surface area contributed by atoms with Crippen molar-refractivity contribution < 1.29 is 31.7 Å². The molecule has 0 aliphatic carbocycles. The molecule has 1 aliphatic rings. The van der Waals surface area contributed by atoms with Crippen LogP contribution in [0.15, 0.2) is 76.5 Å². The fourth-order valence-corrected chi connectivity index (χ4v) is 5.36. The van der Waals surface area contributed by atoms with Crippen molar-refractivity contribution in [1.29, 1.82) is 0 Å². The van der Waals surface area contributed by atoms with Gasteiger partial charge in [0.15, 0.2) is 11.5 Å². The summed E-state index contributed by atoms with van der Waals surface area (Å²) in [4.78, 5) is 26.8. The summed E-state index contributed by atoms with van der Waals surface area (Å²) in [6, 6.07) is 18.4. The molecule has 1 aliphatic heterocycles. The van der Waals surface area contributed by atoms with Crippen LogP contribution in [0.4, 0.5) is 4.79 Å². The zero-order valence-electron chi connectivity index (χ0n) is 21.2. The molecule has 0 radical (unpaired) electrons. The van der Waals surface area contributed by atoms with E-state index in [2.05, 4.69) is 0 Å². The van der Waals surface area contributed by atoms with Gasteiger partial charge in [0.2, 0.25) is 0 Å². The van der Waals surface area contributed by atoms with E-state index in [-0.39, 0.29) is 46.3 Å². The van der Waals surface area contributed by atoms with Crippen LogP contribution in [0.3, 0.4) is 0 Å². The number of benzene rings is 3. The van der Waals surface area contributed by atoms with Crippen molar-refractivity contribution in [3.8, 4) is 17.2 Å². The molecule has 10 heteroatoms. The lowest BCUT2D eigenvalue weighted by Crippen LogP contribution is -2.32. The number of imide groups is 1. The third kappa shape index (κ3) is 6.56. The van der Waals surface area contributed by atoms with E-state index in [9.17, 15) is 18.0 Å². The first-order valence-electron chi connectivity index (χ1n) is 11.9. The molecule has 0 atom stereocenters. The molecule has 4 rings (SSSR count). The molecule has 198 valence electrons. The average molecular weight is 554 g/mol. The quantitative estimate of drug-likeness (QED) is 0.237. The van der Waals surface area contributed by atoms with Crippen LogP contribution in [0, 0.1) is 13.8 Å². The van der Waals surface area contributed by atoms with Gasteiger partial charge in [0.1, 0.15) is 17.3 Å². The molecular weight excluding hydrogens is 526 g/mol. The Morgan fingerprint density at radius 3 is 2.18 bits per heavy atom. The van der Waals surface area contributed by atoms with Gasteiger partial charge in [0.05, 0.1) is 18.1 Å². The predicted molar refractivity (Wildman–Crippen MR) is 146 cm³/mol. The number of hydrogen-bond donors (Lipinski definition) is 0. The van der Waals surface area contributed by atoms with Crippen molar-refractivity contribution >= 4 is 39.1 Å². The maximum Gasteiger partial charge on any atom is 0.339 e. The number of rotatable bonds is 10. The summed E-state index contributed by atoms with van der Waals surface area (Å²) in [6.07, 6.45) is 1.56. The average Bonchev–Trinajstić information content (AvgIpc) is 3.14. The van der Waals surface area contributed by atoms with Gasteiger partial charge in [-0.3, -0.25) is 14.5 Å². The topological polar surface area (TPSA) is 99.2 Å². The Kier molecular flexibility index (Phi) is 8.43. The SMILES string of the molecule is CCOc1cc(/C=C2\SC(=O)N(CCOc3ccc(C)cc3)C2=O)ccc1OS(=O)(=O)c1ccc(C)cc1. The zero-order chi connectivity index (χ0) is 27.3. The third-order valence-electron chi connectivity index (χ3n) is 5.55. The predicted octanol–water partition coefficient (Wildman–Crippen LogP) is 5.59. The minimum absolute atomic E-state index is 0.0194. The van der Waals surface area contributed by atoms with Crippen LogP contribution in [0.25, 0.3) is 6.08 Å². The highest BCUT2D eigenvalue weighted by Crippen LogP contribution is 2.35. The first kappa shape index (κ1) is 27.3. The molecule has 2 amide bonds. The maximum atomic E-state index is 12.9. The number of amides is 2. The molecule has 0 unspecified atom stereocenters. The van der Waals surface area contributed by atoms with E-state index in [1.807, 2.05) is 38.1 Å². The van der Waals surface area contributed by atoms with Crippen molar-refractivity contribution in [2.45, 2.75) is 25.7 Å². The highest BCUT2D eigenvalue weighted by Gasteiger charge is 2.35. The van der Waals surface area contributed by atoms with Gasteiger partial charge in [-0.25, -0.2) is 0 Å². The lowest BCUT2D eigenvalue weighted by molar-refractivity contribution is -0.123. The molecule has 0 saturated carbocycles. The maximum absolute atomic E-state index is 12.9. The van der Waals surface area contributed by atoms with E-state index in [0.29, 0.717) is 11.3 Å². The van der Waals surface area contributed by atoms with Crippen molar-refractivity contribution in [1.82, 2.24) is 4.90 Å². The summed E-state index contributed by atoms with van der Waals surface area (Å²) in [5, 5.41) is -0.386. The standard InChI is InChI=1S/C28H27NO7S2/c1-4-34-25-17-21(9-14-24(25)36-38(32,33)23-12-7-20(3)8-13-23)18-26-27(30)29(28(31)37-26)15-16-35-22-10-5-19(2)6-11-22/h5-14,17-18H,4,15-16H2,1-3H3/b26-18-. The minimum atomic E-state index is -4.08. The second-order valence-corrected chi connectivity index (χ2v) is 11.0. The summed E-state index contributed by atoms with van der Waals surface area (Å²) < 4.78 is 42.1. The van der Waals surface area contributed by atoms with E-state index >= 15 is 0 Å². The summed E-state index contributed by atoms with van der Waals surface area (Å²) in [7, 11) is -4.08. The van der Waals surface area contributed by atoms with Gasteiger partial charge >= 0.3 is 10.1 Å². The number of carbonyl (C=O) groups excluding carboxylic acids is 2. The Balaban J connectivity index is 1.47. The number of aryl methyl sites for hydroxylation is 2. The second kappa shape index (κ2) is 11.7. The van der Waals surface area contributed by atoms with Crippen LogP contribution in [0.1, 0.15) is 23.6 Å². The molecule has 8 nitrogen and oxygen atoms in total. The van der Waals surface area contributed by atoms with E-state index < -0.39 is 16.0 Å². The second-order valence-electron chi connectivity index (χ2n) is 8.48. The fourth-order valence-electron chi connectivity index (χ4n) is 3.56. The van der Waals surface area contributed by atoms with Gasteiger partial charge in [-0.2, -0.15) is 8.42 Å². The summed E-state index contributed by atoms with van der Waals surface area (Å²) in [5.41, 5.74) is 2.58. The van der Waals surface area contributed by atoms with Gasteiger partial charge in [0.25, 0.3) is 11.1 Å². The molecule has 0 N–H and O–H groups in total. The van der Waals surface area contributed by atoms with Crippen LogP contribution in [0.2, 0.25) is 0 Å². The molecule has 3 aromatic carbocycles. The van der Waals surface area contributed by atoms with Crippen molar-refractivity contribution in [2.75, 3.05) is 19.8 Å². The monoisotopic (exact) mass is 553 g/mol. The van der Waals surface area contributed by atoms with Gasteiger partial charge in [-0.1, -0.05) is 41.5 Å². The first-order valence-corrected chi connectivity index (χ1v) is 14.1. The molecule has 3 aromatic rings. The van der Waals surface area contributed by atoms with E-state index in [1.165, 1.54) is 18.2 Å². The molecule has 38 heavy (non-hydrogen) atoms. The Morgan fingerprint density at radius 2 is 1.53 bits per heavy atom. The van der Waals surface area contributed by atoms with Crippen LogP contribution in [0.5, 0.6) is 17.2 Å². The zero-order valence-corrected chi connectivity index (χ0v) is 22.8. The van der Waals surface area contributed by atoms with Crippen molar-refractivity contribution in [2.24, 2.45) is 0 Å². The Bertz CT molecular complexity index is 1460. The molecule has 1 fully saturated rings. The molecule has 0 spiro atoms.